The van der Waals surface area contributed by atoms with Gasteiger partial charge in [0.1, 0.15) is 17.4 Å². The number of aromatic nitrogens is 2. The molecule has 0 amide bonds. The summed E-state index contributed by atoms with van der Waals surface area (Å²) in [6.07, 6.45) is 4.02. The number of pyridine rings is 2. The quantitative estimate of drug-likeness (QED) is 0.462. The minimum absolute atomic E-state index is 0.0335. The van der Waals surface area contributed by atoms with E-state index in [0.29, 0.717) is 29.4 Å². The molecule has 1 fully saturated rings. The molecule has 0 spiro atoms. The molecule has 0 aliphatic carbocycles. The Balaban J connectivity index is 1.45. The van der Waals surface area contributed by atoms with E-state index in [2.05, 4.69) is 14.9 Å². The Hall–Kier alpha value is -2.41. The van der Waals surface area contributed by atoms with E-state index >= 15 is 0 Å². The SMILES string of the molecule is Cc1ncc(-c2ccc(N3CCOCC3)nc2)cc1OCCc1c(Cl)ccc(F)c1Cl. The molecule has 3 aromatic rings. The zero-order valence-electron chi connectivity index (χ0n) is 17.1. The average Bonchev–Trinajstić information content (AvgIpc) is 2.80. The van der Waals surface area contributed by atoms with Crippen LogP contribution in [0.15, 0.2) is 42.7 Å². The second kappa shape index (κ2) is 9.81. The van der Waals surface area contributed by atoms with Crippen LogP contribution in [0.5, 0.6) is 5.75 Å². The van der Waals surface area contributed by atoms with Crippen molar-refractivity contribution in [2.75, 3.05) is 37.8 Å². The topological polar surface area (TPSA) is 47.5 Å². The van der Waals surface area contributed by atoms with E-state index in [0.717, 1.165) is 48.9 Å². The molecule has 0 unspecified atom stereocenters. The first-order chi connectivity index (χ1) is 15.0. The maximum Gasteiger partial charge on any atom is 0.142 e. The highest BCUT2D eigenvalue weighted by Crippen LogP contribution is 2.29. The van der Waals surface area contributed by atoms with Gasteiger partial charge in [0.15, 0.2) is 0 Å². The lowest BCUT2D eigenvalue weighted by Crippen LogP contribution is -2.36. The molecule has 162 valence electrons. The Labute approximate surface area is 190 Å². The van der Waals surface area contributed by atoms with Crippen LogP contribution in [0.1, 0.15) is 11.3 Å². The van der Waals surface area contributed by atoms with Gasteiger partial charge >= 0.3 is 0 Å². The fraction of sp³-hybridized carbons (Fsp3) is 0.304. The predicted octanol–water partition coefficient (Wildman–Crippen LogP) is 5.36. The third-order valence-electron chi connectivity index (χ3n) is 5.21. The fourth-order valence-corrected chi connectivity index (χ4v) is 3.97. The number of nitrogens with zero attached hydrogens (tertiary/aromatic N) is 3. The number of anilines is 1. The molecule has 0 saturated carbocycles. The zero-order valence-corrected chi connectivity index (χ0v) is 18.6. The van der Waals surface area contributed by atoms with Crippen molar-refractivity contribution in [3.05, 3.63) is 69.8 Å². The van der Waals surface area contributed by atoms with Crippen LogP contribution in [0.4, 0.5) is 10.2 Å². The summed E-state index contributed by atoms with van der Waals surface area (Å²) in [5.74, 6) is 1.10. The lowest BCUT2D eigenvalue weighted by atomic mass is 10.1. The minimum atomic E-state index is -0.492. The molecule has 1 saturated heterocycles. The summed E-state index contributed by atoms with van der Waals surface area (Å²) in [4.78, 5) is 11.3. The third kappa shape index (κ3) is 5.09. The van der Waals surface area contributed by atoms with Gasteiger partial charge in [0.25, 0.3) is 0 Å². The number of benzene rings is 1. The smallest absolute Gasteiger partial charge is 0.142 e. The first-order valence-electron chi connectivity index (χ1n) is 10.0. The van der Waals surface area contributed by atoms with Crippen LogP contribution in [0.25, 0.3) is 11.1 Å². The Kier molecular flexibility index (Phi) is 6.90. The third-order valence-corrected chi connectivity index (χ3v) is 5.97. The molecule has 0 radical (unpaired) electrons. The van der Waals surface area contributed by atoms with E-state index in [9.17, 15) is 4.39 Å². The summed E-state index contributed by atoms with van der Waals surface area (Å²) in [6.45, 7) is 5.30. The molecule has 8 heteroatoms. The molecule has 4 rings (SSSR count). The summed E-state index contributed by atoms with van der Waals surface area (Å²) in [5, 5.41) is 0.455. The number of ether oxygens (including phenoxy) is 2. The van der Waals surface area contributed by atoms with Crippen molar-refractivity contribution in [3.8, 4) is 16.9 Å². The predicted molar refractivity (Wildman–Crippen MR) is 121 cm³/mol. The largest absolute Gasteiger partial charge is 0.491 e. The van der Waals surface area contributed by atoms with Gasteiger partial charge < -0.3 is 14.4 Å². The Morgan fingerprint density at radius 3 is 2.58 bits per heavy atom. The standard InChI is InChI=1S/C23H22Cl2FN3O2/c1-15-21(31-9-6-18-19(24)3-4-20(26)23(18)25)12-17(14-27-15)16-2-5-22(28-13-16)29-7-10-30-11-8-29/h2-5,12-14H,6-11H2,1H3. The highest BCUT2D eigenvalue weighted by molar-refractivity contribution is 6.36. The normalized spacial score (nSPS) is 14.0. The Bertz CT molecular complexity index is 1060. The fourth-order valence-electron chi connectivity index (χ4n) is 3.41. The molecule has 31 heavy (non-hydrogen) atoms. The van der Waals surface area contributed by atoms with Gasteiger partial charge in [0, 0.05) is 48.1 Å². The molecule has 5 nitrogen and oxygen atoms in total. The van der Waals surface area contributed by atoms with E-state index in [1.807, 2.05) is 31.3 Å². The molecule has 0 bridgehead atoms. The van der Waals surface area contributed by atoms with Gasteiger partial charge in [-0.15, -0.1) is 0 Å². The van der Waals surface area contributed by atoms with E-state index < -0.39 is 5.82 Å². The van der Waals surface area contributed by atoms with Gasteiger partial charge in [-0.1, -0.05) is 23.2 Å². The molecule has 1 aromatic carbocycles. The minimum Gasteiger partial charge on any atom is -0.491 e. The maximum absolute atomic E-state index is 13.7. The molecular weight excluding hydrogens is 440 g/mol. The lowest BCUT2D eigenvalue weighted by molar-refractivity contribution is 0.122. The molecule has 1 aliphatic heterocycles. The summed E-state index contributed by atoms with van der Waals surface area (Å²) < 4.78 is 25.0. The van der Waals surface area contributed by atoms with Gasteiger partial charge in [-0.25, -0.2) is 9.37 Å². The van der Waals surface area contributed by atoms with Crippen LogP contribution in [0.2, 0.25) is 10.0 Å². The highest BCUT2D eigenvalue weighted by atomic mass is 35.5. The van der Waals surface area contributed by atoms with Gasteiger partial charge in [0.05, 0.1) is 30.5 Å². The van der Waals surface area contributed by atoms with E-state index in [4.69, 9.17) is 32.7 Å². The van der Waals surface area contributed by atoms with Crippen molar-refractivity contribution >= 4 is 29.0 Å². The molecule has 1 aliphatic rings. The van der Waals surface area contributed by atoms with Crippen LogP contribution in [-0.2, 0) is 11.2 Å². The first-order valence-corrected chi connectivity index (χ1v) is 10.8. The molecule has 0 N–H and O–H groups in total. The first kappa shape index (κ1) is 21.8. The number of rotatable bonds is 6. The number of hydrogen-bond donors (Lipinski definition) is 0. The van der Waals surface area contributed by atoms with Gasteiger partial charge in [-0.05, 0) is 42.8 Å². The van der Waals surface area contributed by atoms with Crippen LogP contribution >= 0.6 is 23.2 Å². The molecular formula is C23H22Cl2FN3O2. The highest BCUT2D eigenvalue weighted by Gasteiger charge is 2.14. The van der Waals surface area contributed by atoms with Gasteiger partial charge in [-0.3, -0.25) is 4.98 Å². The number of hydrogen-bond acceptors (Lipinski definition) is 5. The average molecular weight is 462 g/mol. The van der Waals surface area contributed by atoms with Crippen molar-refractivity contribution in [3.63, 3.8) is 0 Å². The van der Waals surface area contributed by atoms with Crippen LogP contribution < -0.4 is 9.64 Å². The monoisotopic (exact) mass is 461 g/mol. The lowest BCUT2D eigenvalue weighted by Gasteiger charge is -2.27. The van der Waals surface area contributed by atoms with E-state index in [-0.39, 0.29) is 5.02 Å². The summed E-state index contributed by atoms with van der Waals surface area (Å²) in [5.41, 5.74) is 3.15. The summed E-state index contributed by atoms with van der Waals surface area (Å²) in [7, 11) is 0. The van der Waals surface area contributed by atoms with Crippen LogP contribution in [-0.4, -0.2) is 42.9 Å². The number of aryl methyl sites for hydroxylation is 1. The van der Waals surface area contributed by atoms with Crippen molar-refractivity contribution < 1.29 is 13.9 Å². The summed E-state index contributed by atoms with van der Waals surface area (Å²) in [6, 6.07) is 8.72. The summed E-state index contributed by atoms with van der Waals surface area (Å²) >= 11 is 12.2. The van der Waals surface area contributed by atoms with Crippen molar-refractivity contribution in [2.24, 2.45) is 0 Å². The van der Waals surface area contributed by atoms with E-state index in [1.54, 1.807) is 6.20 Å². The van der Waals surface area contributed by atoms with Gasteiger partial charge in [-0.2, -0.15) is 0 Å². The molecule has 0 atom stereocenters. The molecule has 2 aromatic heterocycles. The van der Waals surface area contributed by atoms with Crippen LogP contribution in [0, 0.1) is 12.7 Å². The van der Waals surface area contributed by atoms with E-state index in [1.165, 1.54) is 12.1 Å². The van der Waals surface area contributed by atoms with Crippen molar-refractivity contribution in [2.45, 2.75) is 13.3 Å². The maximum atomic E-state index is 13.7. The zero-order chi connectivity index (χ0) is 21.8. The molecule has 3 heterocycles. The van der Waals surface area contributed by atoms with Crippen molar-refractivity contribution in [1.82, 2.24) is 9.97 Å². The Morgan fingerprint density at radius 1 is 1.06 bits per heavy atom. The number of halogens is 3. The van der Waals surface area contributed by atoms with Crippen LogP contribution in [0.3, 0.4) is 0 Å². The second-order valence-corrected chi connectivity index (χ2v) is 8.02. The van der Waals surface area contributed by atoms with Crippen molar-refractivity contribution in [1.29, 1.82) is 0 Å². The second-order valence-electron chi connectivity index (χ2n) is 7.23. The number of morpholine rings is 1. The van der Waals surface area contributed by atoms with Gasteiger partial charge in [0.2, 0.25) is 0 Å². The Morgan fingerprint density at radius 2 is 1.84 bits per heavy atom.